The third-order valence-corrected chi connectivity index (χ3v) is 38.1. The zero-order valence-electron chi connectivity index (χ0n) is 42.0. The predicted molar refractivity (Wildman–Crippen MR) is 271 cm³/mol. The van der Waals surface area contributed by atoms with Gasteiger partial charge in [0.2, 0.25) is 0 Å². The van der Waals surface area contributed by atoms with E-state index in [2.05, 4.69) is 52.4 Å². The van der Waals surface area contributed by atoms with E-state index in [1.54, 1.807) is 0 Å². The van der Waals surface area contributed by atoms with E-state index in [-0.39, 0.29) is 46.2 Å². The number of aliphatic hydroxyl groups excluding tert-OH is 8. The summed E-state index contributed by atoms with van der Waals surface area (Å²) >= 11 is 0. The van der Waals surface area contributed by atoms with Crippen LogP contribution < -0.4 is 5.19 Å². The third-order valence-electron chi connectivity index (χ3n) is 9.79. The first-order chi connectivity index (χ1) is 30.7. The lowest BCUT2D eigenvalue weighted by molar-refractivity contribution is 0.00580. The molecule has 9 unspecified atom stereocenters. The molecule has 0 heterocycles. The van der Waals surface area contributed by atoms with Gasteiger partial charge in [0, 0.05) is 26.4 Å². The van der Waals surface area contributed by atoms with Crippen molar-refractivity contribution in [1.82, 2.24) is 0 Å². The van der Waals surface area contributed by atoms with Crippen LogP contribution in [0.5, 0.6) is 0 Å². The summed E-state index contributed by atoms with van der Waals surface area (Å²) in [7, 11) is -20.9. The summed E-state index contributed by atoms with van der Waals surface area (Å²) in [5.74, 6) is 0. The van der Waals surface area contributed by atoms with E-state index in [4.69, 9.17) is 43.6 Å². The van der Waals surface area contributed by atoms with Gasteiger partial charge >= 0.3 is 42.8 Å². The average Bonchev–Trinajstić information content (AvgIpc) is 3.21. The van der Waals surface area contributed by atoms with Gasteiger partial charge in [-0.1, -0.05) is 30.3 Å². The predicted octanol–water partition coefficient (Wildman–Crippen LogP) is 3.06. The van der Waals surface area contributed by atoms with Gasteiger partial charge < -0.3 is 84.5 Å². The molecule has 0 spiro atoms. The van der Waals surface area contributed by atoms with E-state index >= 15 is 0 Å². The van der Waals surface area contributed by atoms with Gasteiger partial charge in [0.05, 0.1) is 52.9 Å². The number of hydrogen-bond donors (Lipinski definition) is 8. The molecule has 0 aliphatic heterocycles. The number of aliphatic hydroxyl groups is 8. The van der Waals surface area contributed by atoms with Crippen molar-refractivity contribution in [3.63, 3.8) is 0 Å². The number of ether oxygens (including phenoxy) is 4. The molecule has 0 radical (unpaired) electrons. The number of benzene rings is 1. The highest BCUT2D eigenvalue weighted by molar-refractivity contribution is 6.96. The normalized spacial score (nSPS) is 19.2. The second-order valence-electron chi connectivity index (χ2n) is 19.7. The standard InChI is InChI=1S/C41H90O18Si7/c1-60(2,3)54-62(7,25-15-21-50-33-37(46)29-42)56-63(8,26-16-22-51-34-38(47)30-43)57-64(9,27-17-23-52-35-39(48)31-44)58-65(10,28-18-24-53-36-40(49)32-45)59-66(11,55-61(4,5)6)41-19-13-12-14-20-41/h12-14,19-20,37-40,42-49H,15-18,21-36H2,1-11H3. The largest absolute Gasteiger partial charge is 0.437 e. The molecule has 0 aliphatic rings. The van der Waals surface area contributed by atoms with Crippen molar-refractivity contribution < 1.29 is 84.5 Å². The Bertz CT molecular complexity index is 1410. The number of hydrogen-bond acceptors (Lipinski definition) is 18. The minimum Gasteiger partial charge on any atom is -0.437 e. The van der Waals surface area contributed by atoms with Crippen LogP contribution in [0.2, 0.25) is 96.2 Å². The molecule has 66 heavy (non-hydrogen) atoms. The van der Waals surface area contributed by atoms with Gasteiger partial charge in [-0.15, -0.1) is 0 Å². The van der Waals surface area contributed by atoms with E-state index in [9.17, 15) is 40.9 Å². The fourth-order valence-electron chi connectivity index (χ4n) is 7.45. The molecule has 1 rings (SSSR count). The van der Waals surface area contributed by atoms with Gasteiger partial charge in [-0.3, -0.25) is 0 Å². The SMILES string of the molecule is C[Si](C)(C)O[Si](C)(CCCOCC(O)CO)O[Si](C)(CCCOCC(O)CO)O[Si](C)(CCCOCC(O)CO)O[Si](C)(CCCOCC(O)CO)O[Si](C)(O[Si](C)(C)C)c1ccccc1. The van der Waals surface area contributed by atoms with Crippen molar-refractivity contribution >= 4 is 64.6 Å². The minimum absolute atomic E-state index is 0.00560. The van der Waals surface area contributed by atoms with Crippen molar-refractivity contribution in [3.05, 3.63) is 30.3 Å². The molecule has 9 atom stereocenters. The van der Waals surface area contributed by atoms with Crippen molar-refractivity contribution in [1.29, 1.82) is 0 Å². The Balaban J connectivity index is 3.91. The second kappa shape index (κ2) is 31.5. The van der Waals surface area contributed by atoms with E-state index in [0.717, 1.165) is 5.19 Å². The molecule has 0 saturated carbocycles. The van der Waals surface area contributed by atoms with E-state index in [0.29, 0.717) is 56.5 Å². The van der Waals surface area contributed by atoms with Crippen LogP contribution in [0.25, 0.3) is 0 Å². The summed E-state index contributed by atoms with van der Waals surface area (Å²) in [6.07, 6.45) is -1.87. The van der Waals surface area contributed by atoms with E-state index in [1.807, 2.05) is 50.0 Å². The summed E-state index contributed by atoms with van der Waals surface area (Å²) in [4.78, 5) is 0. The van der Waals surface area contributed by atoms with Gasteiger partial charge in [0.25, 0.3) is 0 Å². The van der Waals surface area contributed by atoms with Gasteiger partial charge in [-0.25, -0.2) is 0 Å². The summed E-state index contributed by atoms with van der Waals surface area (Å²) in [6.45, 7) is 22.4. The molecular weight excluding hydrogens is 977 g/mol. The molecule has 18 nitrogen and oxygen atoms in total. The lowest BCUT2D eigenvalue weighted by Gasteiger charge is -2.47. The Kier molecular flexibility index (Phi) is 30.5. The molecule has 1 aromatic carbocycles. The first-order valence-corrected chi connectivity index (χ1v) is 42.6. The number of rotatable bonds is 41. The fraction of sp³-hybridized carbons (Fsp3) is 0.854. The van der Waals surface area contributed by atoms with Crippen LogP contribution >= 0.6 is 0 Å². The first kappa shape index (κ1) is 64.0. The molecule has 8 N–H and O–H groups in total. The van der Waals surface area contributed by atoms with Crippen LogP contribution in [0.15, 0.2) is 30.3 Å². The summed E-state index contributed by atoms with van der Waals surface area (Å²) in [6, 6.07) is 11.9. The van der Waals surface area contributed by atoms with E-state index in [1.165, 1.54) is 0 Å². The lowest BCUT2D eigenvalue weighted by atomic mass is 10.4. The smallest absolute Gasteiger partial charge is 0.350 e. The molecule has 0 fully saturated rings. The minimum atomic E-state index is -3.43. The molecule has 0 aromatic heterocycles. The Labute approximate surface area is 403 Å². The fourth-order valence-corrected chi connectivity index (χ4v) is 42.4. The maximum absolute atomic E-state index is 10.0. The van der Waals surface area contributed by atoms with Crippen LogP contribution in [0, 0.1) is 0 Å². The Morgan fingerprint density at radius 3 is 0.924 bits per heavy atom. The van der Waals surface area contributed by atoms with Crippen LogP contribution in [-0.2, 0) is 43.6 Å². The molecule has 0 amide bonds. The lowest BCUT2D eigenvalue weighted by Crippen LogP contribution is -2.66. The molecule has 25 heteroatoms. The molecule has 0 aliphatic carbocycles. The van der Waals surface area contributed by atoms with Gasteiger partial charge in [-0.05, 0) is 127 Å². The Morgan fingerprint density at radius 2 is 0.652 bits per heavy atom. The summed E-state index contributed by atoms with van der Waals surface area (Å²) in [5.41, 5.74) is 0. The maximum Gasteiger partial charge on any atom is 0.350 e. The van der Waals surface area contributed by atoms with E-state index < -0.39 is 110 Å². The molecule has 0 bridgehead atoms. The highest BCUT2D eigenvalue weighted by Gasteiger charge is 2.54. The Morgan fingerprint density at radius 1 is 0.379 bits per heavy atom. The Hall–Kier alpha value is 0.0182. The highest BCUT2D eigenvalue weighted by Crippen LogP contribution is 2.36. The zero-order chi connectivity index (χ0) is 50.1. The monoisotopic (exact) mass is 1070 g/mol. The molecule has 1 aromatic rings. The summed E-state index contributed by atoms with van der Waals surface area (Å²) in [5, 5.41) is 78.2. The van der Waals surface area contributed by atoms with Gasteiger partial charge in [-0.2, -0.15) is 0 Å². The summed E-state index contributed by atoms with van der Waals surface area (Å²) < 4.78 is 67.1. The maximum atomic E-state index is 10.0. The highest BCUT2D eigenvalue weighted by atomic mass is 28.5. The zero-order valence-corrected chi connectivity index (χ0v) is 49.0. The third kappa shape index (κ3) is 28.8. The first-order valence-electron chi connectivity index (χ1n) is 23.4. The topological polar surface area (TPSA) is 254 Å². The van der Waals surface area contributed by atoms with Gasteiger partial charge in [0.1, 0.15) is 24.4 Å². The van der Waals surface area contributed by atoms with Gasteiger partial charge in [0.15, 0.2) is 16.6 Å². The molecular formula is C41H90O18Si7. The molecule has 390 valence electrons. The second-order valence-corrected chi connectivity index (χ2v) is 46.6. The van der Waals surface area contributed by atoms with Crippen molar-refractivity contribution in [2.75, 3.05) is 79.3 Å². The van der Waals surface area contributed by atoms with Crippen molar-refractivity contribution in [2.24, 2.45) is 0 Å². The van der Waals surface area contributed by atoms with Crippen LogP contribution in [0.1, 0.15) is 25.7 Å². The average molecular weight is 1070 g/mol. The van der Waals surface area contributed by atoms with Crippen molar-refractivity contribution in [2.45, 2.75) is 146 Å². The van der Waals surface area contributed by atoms with Crippen molar-refractivity contribution in [3.8, 4) is 0 Å². The van der Waals surface area contributed by atoms with Crippen LogP contribution in [0.4, 0.5) is 0 Å². The van der Waals surface area contributed by atoms with Crippen LogP contribution in [-0.4, -0.2) is 204 Å². The molecule has 0 saturated heterocycles. The van der Waals surface area contributed by atoms with Crippen LogP contribution in [0.3, 0.4) is 0 Å². The quantitative estimate of drug-likeness (QED) is 0.0347.